The first kappa shape index (κ1) is 14.9. The molecule has 1 N–H and O–H groups in total. The maximum atomic E-state index is 6.48. The molecule has 1 heterocycles. The molecule has 0 saturated carbocycles. The second-order valence-corrected chi connectivity index (χ2v) is 6.94. The highest BCUT2D eigenvalue weighted by Gasteiger charge is 2.39. The van der Waals surface area contributed by atoms with E-state index in [0.29, 0.717) is 16.9 Å². The van der Waals surface area contributed by atoms with Crippen LogP contribution in [0.4, 0.5) is 5.69 Å². The van der Waals surface area contributed by atoms with Gasteiger partial charge in [-0.05, 0) is 42.2 Å². The van der Waals surface area contributed by atoms with Gasteiger partial charge in [-0.3, -0.25) is 0 Å². The van der Waals surface area contributed by atoms with Crippen LogP contribution in [0, 0.1) is 5.92 Å². The number of allylic oxidation sites excluding steroid dienone is 2. The van der Waals surface area contributed by atoms with Crippen LogP contribution in [-0.4, -0.2) is 7.11 Å². The molecule has 2 aromatic carbocycles. The predicted molar refractivity (Wildman–Crippen MR) is 95.8 cm³/mol. The molecule has 1 aliphatic heterocycles. The Bertz CT molecular complexity index is 787. The fourth-order valence-electron chi connectivity index (χ4n) is 3.81. The third kappa shape index (κ3) is 2.50. The lowest BCUT2D eigenvalue weighted by molar-refractivity contribution is 0.406. The van der Waals surface area contributed by atoms with E-state index in [4.69, 9.17) is 27.9 Å². The molecular formula is C19H17Cl2NO. The van der Waals surface area contributed by atoms with Crippen molar-refractivity contribution in [2.24, 2.45) is 5.92 Å². The molecule has 2 aliphatic rings. The molecule has 0 fully saturated rings. The molecule has 2 nitrogen and oxygen atoms in total. The third-order valence-corrected chi connectivity index (χ3v) is 5.36. The lowest BCUT2D eigenvalue weighted by Crippen LogP contribution is -2.29. The molecule has 4 rings (SSSR count). The predicted octanol–water partition coefficient (Wildman–Crippen LogP) is 5.83. The molecule has 2 aromatic rings. The summed E-state index contributed by atoms with van der Waals surface area (Å²) in [7, 11) is 1.70. The lowest BCUT2D eigenvalue weighted by Gasteiger charge is -2.38. The number of rotatable bonds is 2. The second kappa shape index (κ2) is 5.77. The van der Waals surface area contributed by atoms with Gasteiger partial charge >= 0.3 is 0 Å². The second-order valence-electron chi connectivity index (χ2n) is 6.10. The molecule has 0 unspecified atom stereocenters. The standard InChI is InChI=1S/C19H17Cl2NO/c1-23-13-5-2-4-11(8-13)19-15-7-3-6-14(15)18-16(21)9-12(20)10-17(18)22-19/h2-6,8-10,14-15,19,22H,7H2,1H3/t14-,15+,19+/m1/s1. The summed E-state index contributed by atoms with van der Waals surface area (Å²) < 4.78 is 5.38. The van der Waals surface area contributed by atoms with Crippen molar-refractivity contribution >= 4 is 28.9 Å². The van der Waals surface area contributed by atoms with Crippen molar-refractivity contribution in [3.8, 4) is 5.75 Å². The maximum absolute atomic E-state index is 6.48. The average Bonchev–Trinajstić information content (AvgIpc) is 3.02. The van der Waals surface area contributed by atoms with Gasteiger partial charge in [0.25, 0.3) is 0 Å². The van der Waals surface area contributed by atoms with Gasteiger partial charge in [0.1, 0.15) is 5.75 Å². The summed E-state index contributed by atoms with van der Waals surface area (Å²) in [6, 6.07) is 12.3. The lowest BCUT2D eigenvalue weighted by atomic mass is 9.77. The van der Waals surface area contributed by atoms with Crippen LogP contribution in [0.2, 0.25) is 10.0 Å². The van der Waals surface area contributed by atoms with E-state index < -0.39 is 0 Å². The topological polar surface area (TPSA) is 21.3 Å². The largest absolute Gasteiger partial charge is 0.497 e. The van der Waals surface area contributed by atoms with Gasteiger partial charge in [-0.15, -0.1) is 0 Å². The van der Waals surface area contributed by atoms with Crippen LogP contribution in [-0.2, 0) is 0 Å². The zero-order valence-electron chi connectivity index (χ0n) is 12.7. The Morgan fingerprint density at radius 3 is 2.87 bits per heavy atom. The Balaban J connectivity index is 1.81. The van der Waals surface area contributed by atoms with Gasteiger partial charge in [-0.1, -0.05) is 47.5 Å². The van der Waals surface area contributed by atoms with E-state index in [1.165, 1.54) is 5.56 Å². The first-order valence-corrected chi connectivity index (χ1v) is 8.49. The van der Waals surface area contributed by atoms with E-state index in [1.54, 1.807) is 7.11 Å². The molecule has 4 heteroatoms. The molecule has 0 bridgehead atoms. The molecule has 0 aromatic heterocycles. The molecule has 23 heavy (non-hydrogen) atoms. The molecule has 0 amide bonds. The van der Waals surface area contributed by atoms with Gasteiger partial charge in [-0.25, -0.2) is 0 Å². The summed E-state index contributed by atoms with van der Waals surface area (Å²) >= 11 is 12.7. The van der Waals surface area contributed by atoms with Gasteiger partial charge in [0.05, 0.1) is 13.2 Å². The minimum Gasteiger partial charge on any atom is -0.497 e. The SMILES string of the molecule is COc1cccc([C@@H]2Nc3cc(Cl)cc(Cl)c3[C@@H]3C=CC[C@@H]32)c1. The highest BCUT2D eigenvalue weighted by Crippen LogP contribution is 2.52. The molecule has 0 saturated heterocycles. The van der Waals surface area contributed by atoms with Crippen LogP contribution in [0.3, 0.4) is 0 Å². The van der Waals surface area contributed by atoms with E-state index >= 15 is 0 Å². The van der Waals surface area contributed by atoms with Gasteiger partial charge < -0.3 is 10.1 Å². The summed E-state index contributed by atoms with van der Waals surface area (Å²) in [5.41, 5.74) is 3.42. The van der Waals surface area contributed by atoms with E-state index in [0.717, 1.165) is 28.4 Å². The van der Waals surface area contributed by atoms with Crippen molar-refractivity contribution in [1.29, 1.82) is 0 Å². The molecule has 0 radical (unpaired) electrons. The number of halogens is 2. The molecule has 1 aliphatic carbocycles. The summed E-state index contributed by atoms with van der Waals surface area (Å²) in [4.78, 5) is 0. The Morgan fingerprint density at radius 2 is 2.04 bits per heavy atom. The highest BCUT2D eigenvalue weighted by atomic mass is 35.5. The Hall–Kier alpha value is -1.64. The Kier molecular flexibility index (Phi) is 3.74. The van der Waals surface area contributed by atoms with E-state index in [2.05, 4.69) is 29.6 Å². The molecule has 118 valence electrons. The van der Waals surface area contributed by atoms with Gasteiger partial charge in [0.2, 0.25) is 0 Å². The summed E-state index contributed by atoms with van der Waals surface area (Å²) in [5, 5.41) is 5.05. The first-order chi connectivity index (χ1) is 11.2. The fraction of sp³-hybridized carbons (Fsp3) is 0.263. The first-order valence-electron chi connectivity index (χ1n) is 7.73. The molecule has 3 atom stereocenters. The van der Waals surface area contributed by atoms with E-state index in [1.807, 2.05) is 24.3 Å². The smallest absolute Gasteiger partial charge is 0.119 e. The zero-order chi connectivity index (χ0) is 16.0. The van der Waals surface area contributed by atoms with Gasteiger partial charge in [0.15, 0.2) is 0 Å². The summed E-state index contributed by atoms with van der Waals surface area (Å²) in [6.07, 6.45) is 5.57. The fourth-order valence-corrected chi connectivity index (χ4v) is 4.43. The van der Waals surface area contributed by atoms with Crippen LogP contribution in [0.25, 0.3) is 0 Å². The Labute approximate surface area is 146 Å². The zero-order valence-corrected chi connectivity index (χ0v) is 14.2. The normalized spacial score (nSPS) is 24.7. The van der Waals surface area contributed by atoms with Crippen molar-refractivity contribution in [2.75, 3.05) is 12.4 Å². The summed E-state index contributed by atoms with van der Waals surface area (Å²) in [6.45, 7) is 0. The van der Waals surface area contributed by atoms with Crippen LogP contribution in [0.5, 0.6) is 5.75 Å². The monoisotopic (exact) mass is 345 g/mol. The average molecular weight is 346 g/mol. The minimum atomic E-state index is 0.215. The number of methoxy groups -OCH3 is 1. The van der Waals surface area contributed by atoms with Crippen LogP contribution in [0.15, 0.2) is 48.6 Å². The number of hydrogen-bond acceptors (Lipinski definition) is 2. The van der Waals surface area contributed by atoms with Crippen LogP contribution >= 0.6 is 23.2 Å². The third-order valence-electron chi connectivity index (χ3n) is 4.83. The van der Waals surface area contributed by atoms with Crippen molar-refractivity contribution < 1.29 is 4.74 Å². The molecular weight excluding hydrogens is 329 g/mol. The number of benzene rings is 2. The molecule has 0 spiro atoms. The van der Waals surface area contributed by atoms with E-state index in [-0.39, 0.29) is 6.04 Å². The maximum Gasteiger partial charge on any atom is 0.119 e. The Morgan fingerprint density at radius 1 is 1.17 bits per heavy atom. The van der Waals surface area contributed by atoms with Crippen LogP contribution < -0.4 is 10.1 Å². The quantitative estimate of drug-likeness (QED) is 0.691. The van der Waals surface area contributed by atoms with Gasteiger partial charge in [0, 0.05) is 27.2 Å². The summed E-state index contributed by atoms with van der Waals surface area (Å²) in [5.74, 6) is 1.65. The number of hydrogen-bond donors (Lipinski definition) is 1. The minimum absolute atomic E-state index is 0.215. The number of fused-ring (bicyclic) bond motifs is 3. The number of nitrogens with one attached hydrogen (secondary N) is 1. The number of ether oxygens (including phenoxy) is 1. The van der Waals surface area contributed by atoms with Crippen molar-refractivity contribution in [1.82, 2.24) is 0 Å². The van der Waals surface area contributed by atoms with Crippen LogP contribution in [0.1, 0.15) is 29.5 Å². The number of anilines is 1. The van der Waals surface area contributed by atoms with E-state index in [9.17, 15) is 0 Å². The van der Waals surface area contributed by atoms with Crippen molar-refractivity contribution in [3.63, 3.8) is 0 Å². The van der Waals surface area contributed by atoms with Crippen molar-refractivity contribution in [3.05, 3.63) is 69.7 Å². The van der Waals surface area contributed by atoms with Gasteiger partial charge in [-0.2, -0.15) is 0 Å². The highest BCUT2D eigenvalue weighted by molar-refractivity contribution is 6.35. The van der Waals surface area contributed by atoms with Crippen molar-refractivity contribution in [2.45, 2.75) is 18.4 Å².